The van der Waals surface area contributed by atoms with Crippen molar-refractivity contribution >= 4 is 56.8 Å². The van der Waals surface area contributed by atoms with Gasteiger partial charge in [-0.05, 0) is 53.9 Å². The Morgan fingerprint density at radius 3 is 2.47 bits per heavy atom. The second kappa shape index (κ2) is 16.6. The molecule has 49 heavy (non-hydrogen) atoms. The predicted molar refractivity (Wildman–Crippen MR) is 191 cm³/mol. The lowest BCUT2D eigenvalue weighted by atomic mass is 10.1. The second-order valence-corrected chi connectivity index (χ2v) is 12.4. The molecule has 0 saturated carbocycles. The zero-order chi connectivity index (χ0) is 34.0. The smallest absolute Gasteiger partial charge is 0.251 e. The third-order valence-corrected chi connectivity index (χ3v) is 8.68. The first-order valence-corrected chi connectivity index (χ1v) is 16.8. The van der Waals surface area contributed by atoms with Crippen molar-refractivity contribution in [2.75, 3.05) is 26.3 Å². The number of nitrogens with zero attached hydrogens (tertiary/aromatic N) is 3. The number of ether oxygens (including phenoxy) is 2. The van der Waals surface area contributed by atoms with E-state index in [1.807, 2.05) is 41.2 Å². The average molecular weight is 700 g/mol. The highest BCUT2D eigenvalue weighted by atomic mass is 35.5. The number of hydrogen-bond donors (Lipinski definition) is 3. The van der Waals surface area contributed by atoms with Crippen LogP contribution in [0.25, 0.3) is 21.8 Å². The molecule has 0 fully saturated rings. The van der Waals surface area contributed by atoms with E-state index in [4.69, 9.17) is 32.7 Å². The largest absolute Gasteiger partial charge is 0.378 e. The summed E-state index contributed by atoms with van der Waals surface area (Å²) in [5.74, 6) is -0.230. The molecule has 2 amide bonds. The Morgan fingerprint density at radius 2 is 1.67 bits per heavy atom. The van der Waals surface area contributed by atoms with Crippen molar-refractivity contribution in [3.05, 3.63) is 130 Å². The second-order valence-electron chi connectivity index (χ2n) is 11.6. The molecular weight excluding hydrogens is 663 g/mol. The molecule has 3 aromatic carbocycles. The minimum atomic E-state index is -0.333. The van der Waals surface area contributed by atoms with E-state index in [1.54, 1.807) is 43.0 Å². The molecule has 3 N–H and O–H groups in total. The molecule has 0 aliphatic carbocycles. The lowest BCUT2D eigenvalue weighted by molar-refractivity contribution is -0.121. The molecular formula is C37H36Cl2N6O4. The summed E-state index contributed by atoms with van der Waals surface area (Å²) in [4.78, 5) is 36.7. The number of aromatic amines is 1. The van der Waals surface area contributed by atoms with Crippen molar-refractivity contribution in [2.45, 2.75) is 32.1 Å². The third-order valence-electron chi connectivity index (χ3n) is 8.12. The van der Waals surface area contributed by atoms with Crippen LogP contribution in [0.15, 0.2) is 97.8 Å². The van der Waals surface area contributed by atoms with E-state index in [0.717, 1.165) is 38.5 Å². The van der Waals surface area contributed by atoms with Gasteiger partial charge in [-0.2, -0.15) is 0 Å². The number of carbonyl (C=O) groups excluding carboxylic acids is 2. The Kier molecular flexibility index (Phi) is 11.6. The van der Waals surface area contributed by atoms with Gasteiger partial charge in [0.2, 0.25) is 5.91 Å². The highest BCUT2D eigenvalue weighted by Gasteiger charge is 2.17. The van der Waals surface area contributed by atoms with E-state index >= 15 is 0 Å². The van der Waals surface area contributed by atoms with Crippen LogP contribution in [0.1, 0.15) is 39.6 Å². The molecule has 0 aliphatic rings. The number of aryl methyl sites for hydroxylation is 1. The van der Waals surface area contributed by atoms with Crippen molar-refractivity contribution < 1.29 is 19.1 Å². The first-order valence-electron chi connectivity index (χ1n) is 16.0. The summed E-state index contributed by atoms with van der Waals surface area (Å²) in [6, 6.07) is 20.8. The summed E-state index contributed by atoms with van der Waals surface area (Å²) in [6.45, 7) is 2.29. The summed E-state index contributed by atoms with van der Waals surface area (Å²) in [7, 11) is 0. The number of rotatable bonds is 16. The Labute approximate surface area is 293 Å². The number of pyridine rings is 1. The van der Waals surface area contributed by atoms with Gasteiger partial charge in [-0.25, -0.2) is 4.98 Å². The normalized spacial score (nSPS) is 12.0. The lowest BCUT2D eigenvalue weighted by Gasteiger charge is -2.20. The van der Waals surface area contributed by atoms with Crippen LogP contribution in [0.5, 0.6) is 0 Å². The number of halogens is 2. The molecule has 6 aromatic rings. The Balaban J connectivity index is 0.867. The van der Waals surface area contributed by atoms with Crippen LogP contribution in [0, 0.1) is 0 Å². The molecule has 1 unspecified atom stereocenters. The standard InChI is InChI=1S/C37H36Cl2N6O4/c38-28-7-9-30(32(39)20-28)35(22-45-16-13-41-24-45)49-23-26-1-5-27(6-2-26)37(47)43-15-18-48-17-14-42-36(46)10-4-25-3-8-29-31-21-40-12-11-33(31)44-34(29)19-25/h1-3,5-9,11-13,16,19-21,24,35,44H,4,10,14-15,17-18,22-23H2,(H,42,46)(H,43,47). The molecule has 3 aromatic heterocycles. The van der Waals surface area contributed by atoms with Crippen LogP contribution in [-0.4, -0.2) is 57.6 Å². The molecule has 1 atom stereocenters. The van der Waals surface area contributed by atoms with Gasteiger partial charge in [-0.3, -0.25) is 14.6 Å². The van der Waals surface area contributed by atoms with Crippen molar-refractivity contribution in [3.8, 4) is 0 Å². The van der Waals surface area contributed by atoms with E-state index in [-0.39, 0.29) is 17.9 Å². The van der Waals surface area contributed by atoms with Crippen LogP contribution < -0.4 is 10.6 Å². The van der Waals surface area contributed by atoms with Gasteiger partial charge in [0.25, 0.3) is 5.91 Å². The fraction of sp³-hybridized carbons (Fsp3) is 0.243. The minimum absolute atomic E-state index is 0.0332. The SMILES string of the molecule is O=C(CCc1ccc2c(c1)[nH]c1ccncc12)NCCOCCNC(=O)c1ccc(COC(Cn2ccnc2)c2ccc(Cl)cc2Cl)cc1. The summed E-state index contributed by atoms with van der Waals surface area (Å²) in [6.07, 6.45) is 9.62. The topological polar surface area (TPSA) is 123 Å². The molecule has 6 rings (SSSR count). The average Bonchev–Trinajstić information content (AvgIpc) is 3.76. The van der Waals surface area contributed by atoms with Crippen molar-refractivity contribution in [1.29, 1.82) is 0 Å². The number of H-pyrrole nitrogens is 1. The van der Waals surface area contributed by atoms with E-state index in [9.17, 15) is 9.59 Å². The van der Waals surface area contributed by atoms with Crippen LogP contribution in [0.4, 0.5) is 0 Å². The zero-order valence-electron chi connectivity index (χ0n) is 26.7. The van der Waals surface area contributed by atoms with Gasteiger partial charge in [0, 0.05) is 87.3 Å². The first-order chi connectivity index (χ1) is 23.9. The van der Waals surface area contributed by atoms with Gasteiger partial charge in [0.15, 0.2) is 0 Å². The van der Waals surface area contributed by atoms with Crippen molar-refractivity contribution in [1.82, 2.24) is 30.2 Å². The van der Waals surface area contributed by atoms with Gasteiger partial charge in [-0.15, -0.1) is 0 Å². The monoisotopic (exact) mass is 698 g/mol. The summed E-state index contributed by atoms with van der Waals surface area (Å²) in [5.41, 5.74) is 5.45. The number of aromatic nitrogens is 4. The molecule has 10 nitrogen and oxygen atoms in total. The van der Waals surface area contributed by atoms with Crippen LogP contribution in [-0.2, 0) is 33.8 Å². The number of nitrogens with one attached hydrogen (secondary N) is 3. The zero-order valence-corrected chi connectivity index (χ0v) is 28.2. The number of imidazole rings is 1. The number of fused-ring (bicyclic) bond motifs is 3. The first kappa shape index (κ1) is 34.1. The molecule has 0 aliphatic heterocycles. The molecule has 252 valence electrons. The quantitative estimate of drug-likeness (QED) is 0.0971. The summed E-state index contributed by atoms with van der Waals surface area (Å²) in [5, 5.41) is 9.05. The van der Waals surface area contributed by atoms with Gasteiger partial charge in [-0.1, -0.05) is 53.5 Å². The molecule has 0 saturated heterocycles. The number of benzene rings is 3. The molecule has 0 bridgehead atoms. The van der Waals surface area contributed by atoms with Crippen LogP contribution >= 0.6 is 23.2 Å². The van der Waals surface area contributed by atoms with Gasteiger partial charge in [0.05, 0.1) is 32.7 Å². The predicted octanol–water partition coefficient (Wildman–Crippen LogP) is 6.67. The Morgan fingerprint density at radius 1 is 0.857 bits per heavy atom. The number of hydrogen-bond acceptors (Lipinski definition) is 6. The molecule has 0 radical (unpaired) electrons. The number of carbonyl (C=O) groups is 2. The maximum atomic E-state index is 12.6. The molecule has 3 heterocycles. The minimum Gasteiger partial charge on any atom is -0.378 e. The summed E-state index contributed by atoms with van der Waals surface area (Å²) < 4.78 is 13.8. The Hall–Kier alpha value is -4.74. The molecule has 12 heteroatoms. The Bertz CT molecular complexity index is 2010. The van der Waals surface area contributed by atoms with Crippen LogP contribution in [0.2, 0.25) is 10.0 Å². The van der Waals surface area contributed by atoms with Crippen molar-refractivity contribution in [3.63, 3.8) is 0 Å². The van der Waals surface area contributed by atoms with Gasteiger partial charge >= 0.3 is 0 Å². The van der Waals surface area contributed by atoms with E-state index < -0.39 is 0 Å². The third kappa shape index (κ3) is 9.24. The van der Waals surface area contributed by atoms with Gasteiger partial charge < -0.3 is 29.7 Å². The van der Waals surface area contributed by atoms with Crippen molar-refractivity contribution in [2.24, 2.45) is 0 Å². The highest BCUT2D eigenvalue weighted by Crippen LogP contribution is 2.30. The number of amides is 2. The molecule has 0 spiro atoms. The fourth-order valence-corrected chi connectivity index (χ4v) is 6.07. The van der Waals surface area contributed by atoms with Crippen LogP contribution in [0.3, 0.4) is 0 Å². The maximum absolute atomic E-state index is 12.6. The highest BCUT2D eigenvalue weighted by molar-refractivity contribution is 6.35. The van der Waals surface area contributed by atoms with Gasteiger partial charge in [0.1, 0.15) is 6.10 Å². The fourth-order valence-electron chi connectivity index (χ4n) is 5.54. The van der Waals surface area contributed by atoms with E-state index in [1.165, 1.54) is 0 Å². The van der Waals surface area contributed by atoms with E-state index in [0.29, 0.717) is 67.9 Å². The maximum Gasteiger partial charge on any atom is 0.251 e. The lowest BCUT2D eigenvalue weighted by Crippen LogP contribution is -2.30. The van der Waals surface area contributed by atoms with E-state index in [2.05, 4.69) is 43.8 Å². The summed E-state index contributed by atoms with van der Waals surface area (Å²) >= 11 is 12.6.